The fourth-order valence-electron chi connectivity index (χ4n) is 4.15. The van der Waals surface area contributed by atoms with E-state index >= 15 is 0 Å². The molecule has 0 aromatic carbocycles. The number of hydrogen-bond donors (Lipinski definition) is 0. The van der Waals surface area contributed by atoms with E-state index in [0.29, 0.717) is 0 Å². The summed E-state index contributed by atoms with van der Waals surface area (Å²) in [6.45, 7) is 7.79. The summed E-state index contributed by atoms with van der Waals surface area (Å²) >= 11 is 0. The van der Waals surface area contributed by atoms with E-state index in [1.54, 1.807) is 0 Å². The van der Waals surface area contributed by atoms with Crippen LogP contribution in [-0.4, -0.2) is 0 Å². The van der Waals surface area contributed by atoms with Gasteiger partial charge in [0.05, 0.1) is 0 Å². The molecular weight excluding hydrogens is 216 g/mol. The summed E-state index contributed by atoms with van der Waals surface area (Å²) in [6, 6.07) is 0. The molecule has 0 radical (unpaired) electrons. The van der Waals surface area contributed by atoms with Gasteiger partial charge in [0.15, 0.2) is 0 Å². The summed E-state index contributed by atoms with van der Waals surface area (Å²) < 4.78 is 0. The van der Waals surface area contributed by atoms with Crippen molar-refractivity contribution in [3.8, 4) is 0 Å². The van der Waals surface area contributed by atoms with Crippen LogP contribution in [-0.2, 0) is 0 Å². The standard InChI is InChI=1S/C18H30/c1-3-5-6-16-9-13-18(14-10-16)17-11-7-15(4-2)8-12-17/h3-4,15-18H,1-2,5-14H2. The largest absolute Gasteiger partial charge is 0.103 e. The van der Waals surface area contributed by atoms with Gasteiger partial charge in [-0.25, -0.2) is 0 Å². The molecule has 0 atom stereocenters. The Morgan fingerprint density at radius 1 is 0.778 bits per heavy atom. The van der Waals surface area contributed by atoms with E-state index in [2.05, 4.69) is 25.3 Å². The lowest BCUT2D eigenvalue weighted by atomic mass is 9.69. The molecule has 2 rings (SSSR count). The van der Waals surface area contributed by atoms with E-state index < -0.39 is 0 Å². The van der Waals surface area contributed by atoms with Crippen LogP contribution in [0, 0.1) is 23.7 Å². The van der Waals surface area contributed by atoms with Crippen molar-refractivity contribution in [3.05, 3.63) is 25.3 Å². The zero-order valence-corrected chi connectivity index (χ0v) is 11.9. The van der Waals surface area contributed by atoms with Gasteiger partial charge in [0.1, 0.15) is 0 Å². The molecule has 0 saturated heterocycles. The van der Waals surface area contributed by atoms with E-state index in [9.17, 15) is 0 Å². The van der Waals surface area contributed by atoms with Gasteiger partial charge in [-0.3, -0.25) is 0 Å². The zero-order valence-electron chi connectivity index (χ0n) is 11.9. The van der Waals surface area contributed by atoms with Gasteiger partial charge in [0.2, 0.25) is 0 Å². The fourth-order valence-corrected chi connectivity index (χ4v) is 4.15. The summed E-state index contributed by atoms with van der Waals surface area (Å²) in [7, 11) is 0. The predicted octanol–water partition coefficient (Wildman–Crippen LogP) is 5.75. The van der Waals surface area contributed by atoms with Gasteiger partial charge in [-0.15, -0.1) is 13.2 Å². The first kappa shape index (κ1) is 13.9. The van der Waals surface area contributed by atoms with Gasteiger partial charge in [-0.05, 0) is 75.0 Å². The van der Waals surface area contributed by atoms with E-state index in [0.717, 1.165) is 23.7 Å². The molecule has 0 aliphatic heterocycles. The molecule has 0 N–H and O–H groups in total. The maximum absolute atomic E-state index is 3.95. The molecule has 0 heterocycles. The van der Waals surface area contributed by atoms with Crippen molar-refractivity contribution in [2.45, 2.75) is 64.2 Å². The minimum Gasteiger partial charge on any atom is -0.103 e. The van der Waals surface area contributed by atoms with Gasteiger partial charge < -0.3 is 0 Å². The third-order valence-corrected chi connectivity index (χ3v) is 5.49. The average molecular weight is 246 g/mol. The lowest BCUT2D eigenvalue weighted by Gasteiger charge is -2.37. The smallest absolute Gasteiger partial charge is 0.0236 e. The molecule has 0 amide bonds. The molecule has 2 aliphatic rings. The highest BCUT2D eigenvalue weighted by Crippen LogP contribution is 2.42. The maximum atomic E-state index is 3.95. The molecule has 2 saturated carbocycles. The fraction of sp³-hybridized carbons (Fsp3) is 0.778. The third-order valence-electron chi connectivity index (χ3n) is 5.49. The van der Waals surface area contributed by atoms with Crippen LogP contribution in [0.4, 0.5) is 0 Å². The Kier molecular flexibility index (Phi) is 5.53. The Bertz CT molecular complexity index is 249. The minimum absolute atomic E-state index is 0.824. The normalized spacial score (nSPS) is 37.1. The Morgan fingerprint density at radius 2 is 1.33 bits per heavy atom. The number of hydrogen-bond acceptors (Lipinski definition) is 0. The van der Waals surface area contributed by atoms with Crippen molar-refractivity contribution in [2.75, 3.05) is 0 Å². The predicted molar refractivity (Wildman–Crippen MR) is 80.5 cm³/mol. The monoisotopic (exact) mass is 246 g/mol. The Labute approximate surface area is 114 Å². The molecule has 0 heteroatoms. The van der Waals surface area contributed by atoms with Gasteiger partial charge >= 0.3 is 0 Å². The molecule has 0 bridgehead atoms. The van der Waals surface area contributed by atoms with Crippen molar-refractivity contribution >= 4 is 0 Å². The molecule has 0 nitrogen and oxygen atoms in total. The van der Waals surface area contributed by atoms with Gasteiger partial charge in [-0.2, -0.15) is 0 Å². The Balaban J connectivity index is 1.70. The quantitative estimate of drug-likeness (QED) is 0.542. The van der Waals surface area contributed by atoms with Crippen LogP contribution in [0.1, 0.15) is 64.2 Å². The molecule has 0 aromatic heterocycles. The molecule has 102 valence electrons. The second-order valence-corrected chi connectivity index (χ2v) is 6.56. The Hall–Kier alpha value is -0.520. The van der Waals surface area contributed by atoms with Crippen molar-refractivity contribution in [1.29, 1.82) is 0 Å². The lowest BCUT2D eigenvalue weighted by molar-refractivity contribution is 0.153. The average Bonchev–Trinajstić information content (AvgIpc) is 2.46. The van der Waals surface area contributed by atoms with E-state index in [1.807, 2.05) is 0 Å². The first-order valence-electron chi connectivity index (χ1n) is 8.07. The molecule has 0 aromatic rings. The van der Waals surface area contributed by atoms with Crippen LogP contribution >= 0.6 is 0 Å². The van der Waals surface area contributed by atoms with Crippen LogP contribution in [0.15, 0.2) is 25.3 Å². The van der Waals surface area contributed by atoms with Crippen molar-refractivity contribution in [2.24, 2.45) is 23.7 Å². The van der Waals surface area contributed by atoms with Gasteiger partial charge in [0.25, 0.3) is 0 Å². The van der Waals surface area contributed by atoms with Gasteiger partial charge in [0, 0.05) is 0 Å². The minimum atomic E-state index is 0.824. The highest BCUT2D eigenvalue weighted by atomic mass is 14.3. The molecule has 0 spiro atoms. The van der Waals surface area contributed by atoms with Crippen LogP contribution < -0.4 is 0 Å². The number of rotatable bonds is 5. The van der Waals surface area contributed by atoms with E-state index in [1.165, 1.54) is 64.2 Å². The lowest BCUT2D eigenvalue weighted by Crippen LogP contribution is -2.25. The van der Waals surface area contributed by atoms with Crippen LogP contribution in [0.3, 0.4) is 0 Å². The molecule has 18 heavy (non-hydrogen) atoms. The zero-order chi connectivity index (χ0) is 12.8. The summed E-state index contributed by atoms with van der Waals surface area (Å²) in [5.74, 6) is 3.92. The van der Waals surface area contributed by atoms with Crippen molar-refractivity contribution < 1.29 is 0 Å². The number of allylic oxidation sites excluding steroid dienone is 2. The summed E-state index contributed by atoms with van der Waals surface area (Å²) in [5.41, 5.74) is 0. The van der Waals surface area contributed by atoms with Crippen molar-refractivity contribution in [3.63, 3.8) is 0 Å². The van der Waals surface area contributed by atoms with Gasteiger partial charge in [-0.1, -0.05) is 25.0 Å². The first-order valence-corrected chi connectivity index (χ1v) is 8.07. The topological polar surface area (TPSA) is 0 Å². The molecule has 0 unspecified atom stereocenters. The van der Waals surface area contributed by atoms with E-state index in [-0.39, 0.29) is 0 Å². The summed E-state index contributed by atoms with van der Waals surface area (Å²) in [4.78, 5) is 0. The molecular formula is C18H30. The highest BCUT2D eigenvalue weighted by molar-refractivity contribution is 4.87. The van der Waals surface area contributed by atoms with E-state index in [4.69, 9.17) is 0 Å². The van der Waals surface area contributed by atoms with Crippen LogP contribution in [0.2, 0.25) is 0 Å². The van der Waals surface area contributed by atoms with Crippen LogP contribution in [0.25, 0.3) is 0 Å². The highest BCUT2D eigenvalue weighted by Gasteiger charge is 2.29. The molecule has 2 fully saturated rings. The SMILES string of the molecule is C=CCCC1CCC(C2CCC(C=C)CC2)CC1. The second kappa shape index (κ2) is 7.16. The maximum Gasteiger partial charge on any atom is -0.0236 e. The summed E-state index contributed by atoms with van der Waals surface area (Å²) in [5, 5.41) is 0. The second-order valence-electron chi connectivity index (χ2n) is 6.56. The van der Waals surface area contributed by atoms with Crippen molar-refractivity contribution in [1.82, 2.24) is 0 Å². The van der Waals surface area contributed by atoms with Crippen LogP contribution in [0.5, 0.6) is 0 Å². The third kappa shape index (κ3) is 3.73. The summed E-state index contributed by atoms with van der Waals surface area (Å²) in [6.07, 6.45) is 18.6. The molecule has 2 aliphatic carbocycles. The first-order chi connectivity index (χ1) is 8.83. The Morgan fingerprint density at radius 3 is 1.83 bits per heavy atom.